The van der Waals surface area contributed by atoms with Crippen molar-refractivity contribution in [3.63, 3.8) is 0 Å². The van der Waals surface area contributed by atoms with Crippen molar-refractivity contribution in [2.75, 3.05) is 14.2 Å². The number of halogens is 1. The zero-order chi connectivity index (χ0) is 13.0. The number of rotatable bonds is 3. The minimum Gasteiger partial charge on any atom is -0.497 e. The molecule has 0 N–H and O–H groups in total. The van der Waals surface area contributed by atoms with E-state index in [1.807, 2.05) is 12.1 Å². The Morgan fingerprint density at radius 2 is 1.89 bits per heavy atom. The van der Waals surface area contributed by atoms with Crippen molar-refractivity contribution >= 4 is 11.6 Å². The van der Waals surface area contributed by atoms with Gasteiger partial charge in [0.25, 0.3) is 0 Å². The van der Waals surface area contributed by atoms with Crippen LogP contribution >= 0.6 is 11.6 Å². The lowest BCUT2D eigenvalue weighted by atomic mass is 9.91. The van der Waals surface area contributed by atoms with Crippen LogP contribution in [0.5, 0.6) is 11.5 Å². The molecule has 0 saturated heterocycles. The highest BCUT2D eigenvalue weighted by atomic mass is 35.5. The number of alkyl halides is 1. The van der Waals surface area contributed by atoms with Gasteiger partial charge in [-0.25, -0.2) is 0 Å². The molecular formula is C15H21ClO2. The number of hydrogen-bond acceptors (Lipinski definition) is 2. The van der Waals surface area contributed by atoms with Gasteiger partial charge in [0.15, 0.2) is 0 Å². The van der Waals surface area contributed by atoms with Gasteiger partial charge >= 0.3 is 0 Å². The van der Waals surface area contributed by atoms with E-state index in [4.69, 9.17) is 21.1 Å². The summed E-state index contributed by atoms with van der Waals surface area (Å²) in [6.07, 6.45) is 5.83. The van der Waals surface area contributed by atoms with Crippen LogP contribution in [0.4, 0.5) is 0 Å². The van der Waals surface area contributed by atoms with E-state index in [0.717, 1.165) is 24.3 Å². The minimum atomic E-state index is 0.286. The molecule has 0 aromatic heterocycles. The Bertz CT molecular complexity index is 392. The van der Waals surface area contributed by atoms with E-state index in [2.05, 4.69) is 6.07 Å². The summed E-state index contributed by atoms with van der Waals surface area (Å²) in [6, 6.07) is 6.03. The molecule has 1 aromatic carbocycles. The Morgan fingerprint density at radius 1 is 1.11 bits per heavy atom. The summed E-state index contributed by atoms with van der Waals surface area (Å²) in [6.45, 7) is 0. The van der Waals surface area contributed by atoms with Crippen LogP contribution < -0.4 is 9.47 Å². The molecule has 1 aliphatic rings. The molecule has 0 aliphatic heterocycles. The Labute approximate surface area is 114 Å². The Hall–Kier alpha value is -0.890. The van der Waals surface area contributed by atoms with Gasteiger partial charge in [-0.3, -0.25) is 0 Å². The van der Waals surface area contributed by atoms with Crippen molar-refractivity contribution in [1.29, 1.82) is 0 Å². The molecule has 1 aliphatic carbocycles. The first-order chi connectivity index (χ1) is 8.74. The maximum atomic E-state index is 6.36. The maximum absolute atomic E-state index is 6.36. The summed E-state index contributed by atoms with van der Waals surface area (Å²) in [7, 11) is 3.42. The number of benzene rings is 1. The van der Waals surface area contributed by atoms with E-state index in [-0.39, 0.29) is 5.38 Å². The Kier molecular flexibility index (Phi) is 4.76. The van der Waals surface area contributed by atoms with Crippen molar-refractivity contribution in [2.45, 2.75) is 43.4 Å². The molecule has 18 heavy (non-hydrogen) atoms. The molecule has 2 unspecified atom stereocenters. The summed E-state index contributed by atoms with van der Waals surface area (Å²) < 4.78 is 10.8. The van der Waals surface area contributed by atoms with E-state index in [1.165, 1.54) is 24.8 Å². The van der Waals surface area contributed by atoms with E-state index in [0.29, 0.717) is 5.92 Å². The number of ether oxygens (including phenoxy) is 2. The van der Waals surface area contributed by atoms with E-state index in [9.17, 15) is 0 Å². The average molecular weight is 269 g/mol. The lowest BCUT2D eigenvalue weighted by Crippen LogP contribution is -2.06. The van der Waals surface area contributed by atoms with Crippen molar-refractivity contribution in [3.05, 3.63) is 23.8 Å². The van der Waals surface area contributed by atoms with Crippen LogP contribution in [-0.4, -0.2) is 19.6 Å². The van der Waals surface area contributed by atoms with Crippen molar-refractivity contribution in [2.24, 2.45) is 0 Å². The van der Waals surface area contributed by atoms with Crippen LogP contribution in [0.25, 0.3) is 0 Å². The van der Waals surface area contributed by atoms with E-state index in [1.54, 1.807) is 14.2 Å². The molecule has 0 amide bonds. The summed E-state index contributed by atoms with van der Waals surface area (Å²) in [5, 5.41) is 0.286. The van der Waals surface area contributed by atoms with Crippen LogP contribution in [0.3, 0.4) is 0 Å². The second-order valence-corrected chi connectivity index (χ2v) is 5.54. The van der Waals surface area contributed by atoms with Crippen LogP contribution in [0.1, 0.15) is 43.6 Å². The lowest BCUT2D eigenvalue weighted by molar-refractivity contribution is 0.392. The minimum absolute atomic E-state index is 0.286. The monoisotopic (exact) mass is 268 g/mol. The number of hydrogen-bond donors (Lipinski definition) is 0. The van der Waals surface area contributed by atoms with Gasteiger partial charge in [0.1, 0.15) is 11.5 Å². The third-order valence-electron chi connectivity index (χ3n) is 3.74. The van der Waals surface area contributed by atoms with Gasteiger partial charge in [0.2, 0.25) is 0 Å². The first-order valence-corrected chi connectivity index (χ1v) is 7.04. The largest absolute Gasteiger partial charge is 0.497 e. The lowest BCUT2D eigenvalue weighted by Gasteiger charge is -2.20. The normalized spacial score (nSPS) is 24.4. The standard InChI is InChI=1S/C15H21ClO2/c1-17-13-7-8-15(18-2)14(10-13)11-5-3-4-6-12(16)9-11/h7-8,10-12H,3-6,9H2,1-2H3. The molecule has 3 heteroatoms. The fraction of sp³-hybridized carbons (Fsp3) is 0.600. The van der Waals surface area contributed by atoms with Gasteiger partial charge in [-0.1, -0.05) is 12.8 Å². The average Bonchev–Trinajstić information content (AvgIpc) is 2.62. The van der Waals surface area contributed by atoms with Gasteiger partial charge in [-0.2, -0.15) is 0 Å². The van der Waals surface area contributed by atoms with Gasteiger partial charge in [0.05, 0.1) is 14.2 Å². The van der Waals surface area contributed by atoms with Gasteiger partial charge in [0, 0.05) is 10.9 Å². The third-order valence-corrected chi connectivity index (χ3v) is 4.13. The van der Waals surface area contributed by atoms with E-state index >= 15 is 0 Å². The highest BCUT2D eigenvalue weighted by molar-refractivity contribution is 6.20. The molecule has 0 bridgehead atoms. The zero-order valence-electron chi connectivity index (χ0n) is 11.1. The molecule has 2 atom stereocenters. The molecule has 2 rings (SSSR count). The molecule has 2 nitrogen and oxygen atoms in total. The fourth-order valence-electron chi connectivity index (χ4n) is 2.74. The molecule has 0 heterocycles. The van der Waals surface area contributed by atoms with Gasteiger partial charge < -0.3 is 9.47 Å². The predicted octanol–water partition coefficient (Wildman–Crippen LogP) is 4.36. The zero-order valence-corrected chi connectivity index (χ0v) is 11.9. The quantitative estimate of drug-likeness (QED) is 0.599. The predicted molar refractivity (Wildman–Crippen MR) is 75.0 cm³/mol. The molecule has 0 radical (unpaired) electrons. The molecule has 1 aromatic rings. The highest BCUT2D eigenvalue weighted by Gasteiger charge is 2.23. The molecule has 1 fully saturated rings. The molecular weight excluding hydrogens is 248 g/mol. The first kappa shape index (κ1) is 13.5. The number of methoxy groups -OCH3 is 2. The van der Waals surface area contributed by atoms with E-state index < -0.39 is 0 Å². The van der Waals surface area contributed by atoms with Crippen molar-refractivity contribution < 1.29 is 9.47 Å². The Morgan fingerprint density at radius 3 is 2.61 bits per heavy atom. The fourth-order valence-corrected chi connectivity index (χ4v) is 3.11. The summed E-state index contributed by atoms with van der Waals surface area (Å²) in [5.74, 6) is 2.33. The molecule has 100 valence electrons. The van der Waals surface area contributed by atoms with Crippen molar-refractivity contribution in [1.82, 2.24) is 0 Å². The second kappa shape index (κ2) is 6.33. The van der Waals surface area contributed by atoms with Gasteiger partial charge in [-0.15, -0.1) is 11.6 Å². The van der Waals surface area contributed by atoms with Crippen LogP contribution in [-0.2, 0) is 0 Å². The SMILES string of the molecule is COc1ccc(OC)c(C2CCCCC(Cl)C2)c1. The topological polar surface area (TPSA) is 18.5 Å². The molecule has 0 spiro atoms. The van der Waals surface area contributed by atoms with Crippen LogP contribution in [0.15, 0.2) is 18.2 Å². The summed E-state index contributed by atoms with van der Waals surface area (Å²) in [4.78, 5) is 0. The van der Waals surface area contributed by atoms with Crippen LogP contribution in [0, 0.1) is 0 Å². The third kappa shape index (κ3) is 3.11. The smallest absolute Gasteiger partial charge is 0.122 e. The second-order valence-electron chi connectivity index (χ2n) is 4.92. The maximum Gasteiger partial charge on any atom is 0.122 e. The summed E-state index contributed by atoms with van der Waals surface area (Å²) in [5.41, 5.74) is 1.24. The molecule has 1 saturated carbocycles. The van der Waals surface area contributed by atoms with Gasteiger partial charge in [-0.05, 0) is 43.4 Å². The highest BCUT2D eigenvalue weighted by Crippen LogP contribution is 2.39. The first-order valence-electron chi connectivity index (χ1n) is 6.60. The Balaban J connectivity index is 2.28. The van der Waals surface area contributed by atoms with Crippen molar-refractivity contribution in [3.8, 4) is 11.5 Å². The van der Waals surface area contributed by atoms with Crippen LogP contribution in [0.2, 0.25) is 0 Å². The summed E-state index contributed by atoms with van der Waals surface area (Å²) >= 11 is 6.36.